The first-order valence-electron chi connectivity index (χ1n) is 13.9. The molecular formula is C33H37FN4. The van der Waals surface area contributed by atoms with Gasteiger partial charge in [-0.2, -0.15) is 0 Å². The topological polar surface area (TPSA) is 31.4 Å². The quantitative estimate of drug-likeness (QED) is 0.400. The molecule has 196 valence electrons. The maximum absolute atomic E-state index is 15.4. The number of hydrogen-bond acceptors (Lipinski definition) is 4. The van der Waals surface area contributed by atoms with Crippen molar-refractivity contribution >= 4 is 17.1 Å². The van der Waals surface area contributed by atoms with E-state index in [0.29, 0.717) is 11.0 Å². The molecular weight excluding hydrogens is 471 g/mol. The van der Waals surface area contributed by atoms with Crippen LogP contribution in [0.1, 0.15) is 59.5 Å². The molecule has 4 nitrogen and oxygen atoms in total. The third kappa shape index (κ3) is 4.59. The van der Waals surface area contributed by atoms with Crippen molar-refractivity contribution in [2.45, 2.75) is 45.1 Å². The molecule has 1 N–H and O–H groups in total. The molecule has 0 saturated carbocycles. The number of likely N-dealkylation sites (tertiary alicyclic amines) is 1. The van der Waals surface area contributed by atoms with Crippen molar-refractivity contribution in [1.82, 2.24) is 15.2 Å². The van der Waals surface area contributed by atoms with Crippen LogP contribution in [-0.2, 0) is 6.42 Å². The summed E-state index contributed by atoms with van der Waals surface area (Å²) in [7, 11) is 0. The Bertz CT molecular complexity index is 1360. The smallest absolute Gasteiger partial charge is 0.132 e. The van der Waals surface area contributed by atoms with Gasteiger partial charge in [-0.05, 0) is 91.0 Å². The van der Waals surface area contributed by atoms with Gasteiger partial charge in [-0.25, -0.2) is 4.39 Å². The Kier molecular flexibility index (Phi) is 6.46. The molecule has 1 unspecified atom stereocenters. The number of pyridine rings is 1. The monoisotopic (exact) mass is 508 g/mol. The molecule has 2 aliphatic heterocycles. The number of nitrogens with zero attached hydrogens (tertiary/aromatic N) is 3. The number of benzene rings is 2. The summed E-state index contributed by atoms with van der Waals surface area (Å²) in [5.41, 5.74) is 8.56. The van der Waals surface area contributed by atoms with E-state index in [9.17, 15) is 0 Å². The Morgan fingerprint density at radius 2 is 1.74 bits per heavy atom. The second-order valence-electron chi connectivity index (χ2n) is 11.4. The van der Waals surface area contributed by atoms with Crippen molar-refractivity contribution in [2.24, 2.45) is 5.41 Å². The lowest BCUT2D eigenvalue weighted by atomic mass is 9.77. The first kappa shape index (κ1) is 24.7. The number of aromatic nitrogens is 1. The standard InChI is InChI=1S/C33H37FN4/c1-23-6-4-5-7-28(23)24(2)36-32-9-8-26-20-31(34)29(21-30(26)32)25(3)37-17-12-33(13-18-37)14-19-38(22-33)27-10-15-35-16-11-27/h4-7,10-11,15-16,20-21,32,36H,2-3,8-9,12-14,17-19,22H2,1H3. The third-order valence-corrected chi connectivity index (χ3v) is 9.11. The van der Waals surface area contributed by atoms with E-state index >= 15 is 4.39 Å². The second-order valence-corrected chi connectivity index (χ2v) is 11.4. The largest absolute Gasteiger partial charge is 0.378 e. The highest BCUT2D eigenvalue weighted by Crippen LogP contribution is 2.44. The predicted molar refractivity (Wildman–Crippen MR) is 154 cm³/mol. The van der Waals surface area contributed by atoms with E-state index in [2.05, 4.69) is 64.4 Å². The molecule has 0 radical (unpaired) electrons. The molecule has 0 amide bonds. The number of piperidine rings is 1. The van der Waals surface area contributed by atoms with Crippen molar-refractivity contribution in [3.05, 3.63) is 108 Å². The molecule has 1 spiro atoms. The van der Waals surface area contributed by atoms with Crippen LogP contribution in [0.25, 0.3) is 11.4 Å². The van der Waals surface area contributed by atoms with Gasteiger partial charge in [0.2, 0.25) is 0 Å². The SMILES string of the molecule is C=C(NC1CCc2cc(F)c(C(=C)N3CCC4(CC3)CCN(c3ccncc3)C4)cc21)c1ccccc1C. The number of aryl methyl sites for hydroxylation is 2. The highest BCUT2D eigenvalue weighted by molar-refractivity contribution is 5.67. The fourth-order valence-electron chi connectivity index (χ4n) is 6.74. The molecule has 1 atom stereocenters. The molecule has 5 heteroatoms. The fraction of sp³-hybridized carbons (Fsp3) is 0.364. The van der Waals surface area contributed by atoms with Crippen molar-refractivity contribution in [2.75, 3.05) is 31.1 Å². The summed E-state index contributed by atoms with van der Waals surface area (Å²) in [5.74, 6) is -0.155. The van der Waals surface area contributed by atoms with Crippen molar-refractivity contribution in [1.29, 1.82) is 0 Å². The van der Waals surface area contributed by atoms with Gasteiger partial charge in [0.15, 0.2) is 0 Å². The Hall–Kier alpha value is -3.60. The summed E-state index contributed by atoms with van der Waals surface area (Å²) in [6, 6.07) is 16.4. The number of rotatable bonds is 6. The van der Waals surface area contributed by atoms with E-state index < -0.39 is 0 Å². The van der Waals surface area contributed by atoms with Gasteiger partial charge in [-0.15, -0.1) is 0 Å². The molecule has 38 heavy (non-hydrogen) atoms. The molecule has 1 aromatic heterocycles. The van der Waals surface area contributed by atoms with E-state index in [1.54, 1.807) is 6.07 Å². The molecule has 2 aromatic carbocycles. The van der Waals surface area contributed by atoms with E-state index in [1.807, 2.05) is 30.6 Å². The van der Waals surface area contributed by atoms with Gasteiger partial charge in [0, 0.05) is 61.2 Å². The lowest BCUT2D eigenvalue weighted by Gasteiger charge is -2.41. The highest BCUT2D eigenvalue weighted by Gasteiger charge is 2.41. The first-order chi connectivity index (χ1) is 18.4. The Morgan fingerprint density at radius 1 is 1.00 bits per heavy atom. The van der Waals surface area contributed by atoms with Crippen LogP contribution in [0.2, 0.25) is 0 Å². The molecule has 2 saturated heterocycles. The summed E-state index contributed by atoms with van der Waals surface area (Å²) in [6.45, 7) is 14.8. The normalized spacial score (nSPS) is 20.0. The van der Waals surface area contributed by atoms with Gasteiger partial charge in [0.25, 0.3) is 0 Å². The summed E-state index contributed by atoms with van der Waals surface area (Å²) < 4.78 is 15.4. The minimum atomic E-state index is -0.155. The molecule has 1 aliphatic carbocycles. The molecule has 6 rings (SSSR count). The van der Waals surface area contributed by atoms with Gasteiger partial charge >= 0.3 is 0 Å². The lowest BCUT2D eigenvalue weighted by Crippen LogP contribution is -2.40. The zero-order valence-electron chi connectivity index (χ0n) is 22.3. The van der Waals surface area contributed by atoms with Gasteiger partial charge in [0.1, 0.15) is 5.82 Å². The summed E-state index contributed by atoms with van der Waals surface area (Å²) in [6.07, 6.45) is 8.99. The van der Waals surface area contributed by atoms with E-state index in [0.717, 1.165) is 74.4 Å². The molecule has 3 aromatic rings. The van der Waals surface area contributed by atoms with Crippen LogP contribution in [0.3, 0.4) is 0 Å². The average Bonchev–Trinajstić information content (AvgIpc) is 3.53. The Balaban J connectivity index is 1.14. The van der Waals surface area contributed by atoms with Gasteiger partial charge < -0.3 is 15.1 Å². The van der Waals surface area contributed by atoms with E-state index in [1.165, 1.54) is 23.2 Å². The molecule has 3 aliphatic rings. The van der Waals surface area contributed by atoms with Crippen LogP contribution in [-0.4, -0.2) is 36.1 Å². The summed E-state index contributed by atoms with van der Waals surface area (Å²) in [5, 5.41) is 3.64. The second kappa shape index (κ2) is 9.94. The van der Waals surface area contributed by atoms with Gasteiger partial charge in [-0.1, -0.05) is 37.4 Å². The predicted octanol–water partition coefficient (Wildman–Crippen LogP) is 6.74. The number of hydrogen-bond donors (Lipinski definition) is 1. The van der Waals surface area contributed by atoms with Gasteiger partial charge in [0.05, 0.1) is 6.04 Å². The maximum atomic E-state index is 15.4. The number of anilines is 1. The number of halogens is 1. The zero-order chi connectivity index (χ0) is 26.3. The summed E-state index contributed by atoms with van der Waals surface area (Å²) in [4.78, 5) is 8.95. The van der Waals surface area contributed by atoms with Crippen LogP contribution in [0.15, 0.2) is 74.1 Å². The highest BCUT2D eigenvalue weighted by atomic mass is 19.1. The first-order valence-corrected chi connectivity index (χ1v) is 13.9. The average molecular weight is 509 g/mol. The lowest BCUT2D eigenvalue weighted by molar-refractivity contribution is 0.164. The van der Waals surface area contributed by atoms with Crippen LogP contribution in [0, 0.1) is 18.2 Å². The minimum Gasteiger partial charge on any atom is -0.378 e. The van der Waals surface area contributed by atoms with Crippen molar-refractivity contribution < 1.29 is 4.39 Å². The maximum Gasteiger partial charge on any atom is 0.132 e. The Labute approximate surface area is 225 Å². The van der Waals surface area contributed by atoms with Gasteiger partial charge in [-0.3, -0.25) is 4.98 Å². The minimum absolute atomic E-state index is 0.131. The van der Waals surface area contributed by atoms with Crippen LogP contribution in [0.4, 0.5) is 10.1 Å². The number of fused-ring (bicyclic) bond motifs is 1. The Morgan fingerprint density at radius 3 is 2.50 bits per heavy atom. The molecule has 2 fully saturated rings. The van der Waals surface area contributed by atoms with Crippen LogP contribution in [0.5, 0.6) is 0 Å². The van der Waals surface area contributed by atoms with Crippen molar-refractivity contribution in [3.8, 4) is 0 Å². The number of nitrogens with one attached hydrogen (secondary N) is 1. The zero-order valence-corrected chi connectivity index (χ0v) is 22.3. The van der Waals surface area contributed by atoms with Crippen LogP contribution < -0.4 is 10.2 Å². The third-order valence-electron chi connectivity index (χ3n) is 9.11. The van der Waals surface area contributed by atoms with E-state index in [-0.39, 0.29) is 11.9 Å². The van der Waals surface area contributed by atoms with E-state index in [4.69, 9.17) is 0 Å². The molecule has 0 bridgehead atoms. The fourth-order valence-corrected chi connectivity index (χ4v) is 6.74. The molecule has 3 heterocycles. The van der Waals surface area contributed by atoms with Crippen LogP contribution >= 0.6 is 0 Å². The van der Waals surface area contributed by atoms with Crippen molar-refractivity contribution in [3.63, 3.8) is 0 Å². The summed E-state index contributed by atoms with van der Waals surface area (Å²) >= 11 is 0.